The summed E-state index contributed by atoms with van der Waals surface area (Å²) in [7, 11) is 1.69. The van der Waals surface area contributed by atoms with Crippen molar-refractivity contribution in [2.75, 3.05) is 58.2 Å². The lowest BCUT2D eigenvalue weighted by Crippen LogP contribution is -2.57. The Morgan fingerprint density at radius 1 is 1.03 bits per heavy atom. The smallest absolute Gasteiger partial charge is 0.243 e. The number of guanidine groups is 1. The number of nitrogens with one attached hydrogen (secondary N) is 2. The van der Waals surface area contributed by atoms with Crippen molar-refractivity contribution in [3.8, 4) is 0 Å². The molecule has 2 N–H and O–H groups in total. The van der Waals surface area contributed by atoms with Crippen LogP contribution in [0.2, 0.25) is 0 Å². The molecule has 30 heavy (non-hydrogen) atoms. The van der Waals surface area contributed by atoms with Crippen LogP contribution in [0.25, 0.3) is 0 Å². The van der Waals surface area contributed by atoms with Crippen molar-refractivity contribution in [1.29, 1.82) is 0 Å². The van der Waals surface area contributed by atoms with Gasteiger partial charge in [0.2, 0.25) is 11.8 Å². The molecule has 1 aromatic carbocycles. The third kappa shape index (κ3) is 5.69. The number of hydrogen-bond donors (Lipinski definition) is 2. The van der Waals surface area contributed by atoms with Crippen LogP contribution in [0.5, 0.6) is 0 Å². The van der Waals surface area contributed by atoms with Crippen LogP contribution in [0.4, 0.5) is 10.1 Å². The molecule has 1 atom stereocenters. The van der Waals surface area contributed by atoms with Crippen LogP contribution in [-0.4, -0.2) is 91.4 Å². The van der Waals surface area contributed by atoms with Crippen LogP contribution in [0.15, 0.2) is 29.3 Å². The van der Waals surface area contributed by atoms with E-state index in [0.29, 0.717) is 11.6 Å². The number of aliphatic imine (C=N–C) groups is 1. The molecular formula is C21H31FN6O2. The fourth-order valence-corrected chi connectivity index (χ4v) is 3.91. The highest BCUT2D eigenvalue weighted by Gasteiger charge is 2.30. The fraction of sp³-hybridized carbons (Fsp3) is 0.571. The van der Waals surface area contributed by atoms with Crippen molar-refractivity contribution in [2.45, 2.75) is 25.8 Å². The number of piperazine rings is 1. The van der Waals surface area contributed by atoms with Gasteiger partial charge in [-0.25, -0.2) is 4.39 Å². The van der Waals surface area contributed by atoms with E-state index >= 15 is 0 Å². The summed E-state index contributed by atoms with van der Waals surface area (Å²) < 4.78 is 13.0. The Bertz CT molecular complexity index is 755. The van der Waals surface area contributed by atoms with Crippen LogP contribution in [0.1, 0.15) is 19.8 Å². The molecule has 0 radical (unpaired) electrons. The van der Waals surface area contributed by atoms with Gasteiger partial charge in [0.25, 0.3) is 0 Å². The Labute approximate surface area is 177 Å². The summed E-state index contributed by atoms with van der Waals surface area (Å²) in [6, 6.07) is 5.53. The zero-order chi connectivity index (χ0) is 21.5. The first-order chi connectivity index (χ1) is 14.5. The second-order valence-electron chi connectivity index (χ2n) is 7.69. The topological polar surface area (TPSA) is 80.3 Å². The lowest BCUT2D eigenvalue weighted by Gasteiger charge is -2.39. The van der Waals surface area contributed by atoms with Crippen LogP contribution in [-0.2, 0) is 9.59 Å². The van der Waals surface area contributed by atoms with Crippen LogP contribution >= 0.6 is 0 Å². The number of hydrogen-bond acceptors (Lipinski definition) is 4. The van der Waals surface area contributed by atoms with Gasteiger partial charge >= 0.3 is 0 Å². The third-order valence-corrected chi connectivity index (χ3v) is 5.68. The highest BCUT2D eigenvalue weighted by atomic mass is 19.1. The summed E-state index contributed by atoms with van der Waals surface area (Å²) >= 11 is 0. The number of benzene rings is 1. The molecule has 1 aromatic rings. The molecule has 2 amide bonds. The SMILES string of the molecule is CN=C(NCC(=O)Nc1ccc(F)cc1)N1CCN(C(C)C(=O)N2CCCC2)CC1. The van der Waals surface area contributed by atoms with E-state index in [1.165, 1.54) is 24.3 Å². The Morgan fingerprint density at radius 2 is 1.67 bits per heavy atom. The van der Waals surface area contributed by atoms with Crippen LogP contribution in [0.3, 0.4) is 0 Å². The van der Waals surface area contributed by atoms with Crippen LogP contribution in [0, 0.1) is 5.82 Å². The van der Waals surface area contributed by atoms with Crippen molar-refractivity contribution >= 4 is 23.5 Å². The fourth-order valence-electron chi connectivity index (χ4n) is 3.91. The highest BCUT2D eigenvalue weighted by Crippen LogP contribution is 2.14. The number of carbonyl (C=O) groups is 2. The Kier molecular flexibility index (Phi) is 7.62. The number of carbonyl (C=O) groups excluding carboxylic acids is 2. The van der Waals surface area contributed by atoms with Crippen molar-refractivity contribution in [2.24, 2.45) is 4.99 Å². The third-order valence-electron chi connectivity index (χ3n) is 5.68. The van der Waals surface area contributed by atoms with Gasteiger partial charge in [0.1, 0.15) is 5.82 Å². The minimum atomic E-state index is -0.345. The maximum Gasteiger partial charge on any atom is 0.243 e. The summed E-state index contributed by atoms with van der Waals surface area (Å²) in [5, 5.41) is 5.80. The molecule has 0 aliphatic carbocycles. The first kappa shape index (κ1) is 22.0. The van der Waals surface area contributed by atoms with Crippen molar-refractivity contribution in [1.82, 2.24) is 20.0 Å². The molecule has 8 nitrogen and oxygen atoms in total. The summed E-state index contributed by atoms with van der Waals surface area (Å²) in [6.45, 7) is 6.80. The summed E-state index contributed by atoms with van der Waals surface area (Å²) in [5.74, 6) is 0.302. The number of anilines is 1. The van der Waals surface area contributed by atoms with Gasteiger partial charge in [0.15, 0.2) is 5.96 Å². The molecule has 2 saturated heterocycles. The molecule has 0 saturated carbocycles. The van der Waals surface area contributed by atoms with Gasteiger partial charge in [-0.15, -0.1) is 0 Å². The Balaban J connectivity index is 1.43. The first-order valence-electron chi connectivity index (χ1n) is 10.5. The molecular weight excluding hydrogens is 387 g/mol. The van der Waals surface area contributed by atoms with E-state index in [9.17, 15) is 14.0 Å². The number of amides is 2. The predicted octanol–water partition coefficient (Wildman–Crippen LogP) is 0.968. The lowest BCUT2D eigenvalue weighted by molar-refractivity contribution is -0.135. The normalized spacial score (nSPS) is 19.0. The molecule has 2 aliphatic heterocycles. The summed E-state index contributed by atoms with van der Waals surface area (Å²) in [6.07, 6.45) is 2.20. The van der Waals surface area contributed by atoms with Gasteiger partial charge in [-0.05, 0) is 44.0 Å². The zero-order valence-corrected chi connectivity index (χ0v) is 17.7. The second kappa shape index (κ2) is 10.4. The largest absolute Gasteiger partial charge is 0.347 e. The second-order valence-corrected chi connectivity index (χ2v) is 7.69. The van der Waals surface area contributed by atoms with Crippen molar-refractivity contribution in [3.05, 3.63) is 30.1 Å². The summed E-state index contributed by atoms with van der Waals surface area (Å²) in [4.78, 5) is 35.3. The molecule has 9 heteroatoms. The van der Waals surface area contributed by atoms with Crippen molar-refractivity contribution in [3.63, 3.8) is 0 Å². The minimum absolute atomic E-state index is 0.0636. The predicted molar refractivity (Wildman–Crippen MR) is 115 cm³/mol. The zero-order valence-electron chi connectivity index (χ0n) is 17.7. The van der Waals surface area contributed by atoms with Gasteiger partial charge in [-0.1, -0.05) is 0 Å². The molecule has 1 unspecified atom stereocenters. The first-order valence-corrected chi connectivity index (χ1v) is 10.5. The average Bonchev–Trinajstić information content (AvgIpc) is 3.30. The Morgan fingerprint density at radius 3 is 2.27 bits per heavy atom. The quantitative estimate of drug-likeness (QED) is 0.550. The standard InChI is InChI=1S/C21H31FN6O2/c1-16(20(30)27-9-3-4-10-27)26-11-13-28(14-12-26)21(23-2)24-15-19(29)25-18-7-5-17(22)6-8-18/h5-8,16H,3-4,9-15H2,1-2H3,(H,23,24)(H,25,29). The van der Waals surface area contributed by atoms with Gasteiger partial charge in [-0.3, -0.25) is 19.5 Å². The van der Waals surface area contributed by atoms with Gasteiger partial charge in [-0.2, -0.15) is 0 Å². The average molecular weight is 419 g/mol. The molecule has 0 spiro atoms. The highest BCUT2D eigenvalue weighted by molar-refractivity contribution is 5.95. The number of rotatable bonds is 5. The van der Waals surface area contributed by atoms with Gasteiger partial charge < -0.3 is 20.4 Å². The molecule has 3 rings (SSSR count). The molecule has 164 valence electrons. The Hall–Kier alpha value is -2.68. The molecule has 2 aliphatic rings. The molecule has 0 bridgehead atoms. The molecule has 0 aromatic heterocycles. The van der Waals surface area contributed by atoms with Gasteiger partial charge in [0.05, 0.1) is 12.6 Å². The van der Waals surface area contributed by atoms with E-state index in [-0.39, 0.29) is 30.2 Å². The van der Waals surface area contributed by atoms with Crippen molar-refractivity contribution < 1.29 is 14.0 Å². The maximum absolute atomic E-state index is 13.0. The lowest BCUT2D eigenvalue weighted by atomic mass is 10.2. The summed E-state index contributed by atoms with van der Waals surface area (Å²) in [5.41, 5.74) is 0.545. The van der Waals surface area contributed by atoms with E-state index in [2.05, 4.69) is 25.4 Å². The minimum Gasteiger partial charge on any atom is -0.347 e. The van der Waals surface area contributed by atoms with E-state index in [1.54, 1.807) is 7.05 Å². The number of halogens is 1. The van der Waals surface area contributed by atoms with Crippen LogP contribution < -0.4 is 10.6 Å². The number of likely N-dealkylation sites (tertiary alicyclic amines) is 1. The van der Waals surface area contributed by atoms with E-state index < -0.39 is 0 Å². The van der Waals surface area contributed by atoms with Gasteiger partial charge in [0, 0.05) is 52.0 Å². The monoisotopic (exact) mass is 418 g/mol. The van der Waals surface area contributed by atoms with E-state index in [4.69, 9.17) is 0 Å². The maximum atomic E-state index is 13.0. The molecule has 2 heterocycles. The van der Waals surface area contributed by atoms with E-state index in [0.717, 1.165) is 52.1 Å². The molecule has 2 fully saturated rings. The van der Waals surface area contributed by atoms with E-state index in [1.807, 2.05) is 11.8 Å². The number of nitrogens with zero attached hydrogens (tertiary/aromatic N) is 4.